The largest absolute Gasteiger partial charge is 0.492 e. The van der Waals surface area contributed by atoms with Crippen molar-refractivity contribution in [3.8, 4) is 11.5 Å². The van der Waals surface area contributed by atoms with E-state index < -0.39 is 6.10 Å². The highest BCUT2D eigenvalue weighted by Gasteiger charge is 2.18. The van der Waals surface area contributed by atoms with Gasteiger partial charge >= 0.3 is 0 Å². The third-order valence-electron chi connectivity index (χ3n) is 3.63. The van der Waals surface area contributed by atoms with Gasteiger partial charge in [-0.3, -0.25) is 4.79 Å². The number of amides is 1. The minimum Gasteiger partial charge on any atom is -0.492 e. The molecule has 5 heteroatoms. The predicted molar refractivity (Wildman–Crippen MR) is 101 cm³/mol. The quantitative estimate of drug-likeness (QED) is 0.713. The first kappa shape index (κ1) is 19.1. The van der Waals surface area contributed by atoms with Gasteiger partial charge in [0, 0.05) is 0 Å². The molecule has 134 valence electrons. The maximum absolute atomic E-state index is 12.3. The highest BCUT2D eigenvalue weighted by molar-refractivity contribution is 6.32. The van der Waals surface area contributed by atoms with Crippen LogP contribution in [0.25, 0.3) is 0 Å². The van der Waals surface area contributed by atoms with Crippen molar-refractivity contribution in [2.75, 3.05) is 13.2 Å². The van der Waals surface area contributed by atoms with Gasteiger partial charge in [0.25, 0.3) is 5.91 Å². The van der Waals surface area contributed by atoms with Crippen LogP contribution in [0, 0.1) is 13.8 Å². The molecule has 25 heavy (non-hydrogen) atoms. The Kier molecular flexibility index (Phi) is 7.14. The highest BCUT2D eigenvalue weighted by atomic mass is 35.5. The lowest BCUT2D eigenvalue weighted by Crippen LogP contribution is -2.39. The molecule has 1 unspecified atom stereocenters. The van der Waals surface area contributed by atoms with E-state index >= 15 is 0 Å². The molecule has 1 amide bonds. The van der Waals surface area contributed by atoms with Gasteiger partial charge in [0.1, 0.15) is 18.1 Å². The van der Waals surface area contributed by atoms with Crippen LogP contribution in [0.15, 0.2) is 42.5 Å². The van der Waals surface area contributed by atoms with Crippen molar-refractivity contribution in [1.82, 2.24) is 5.32 Å². The SMILES string of the molecule is CCC(Oc1ccccc1Cl)C(=O)NCCOc1cc(C)cc(C)c1. The van der Waals surface area contributed by atoms with Gasteiger partial charge in [0.2, 0.25) is 0 Å². The normalized spacial score (nSPS) is 11.7. The number of nitrogens with one attached hydrogen (secondary N) is 1. The van der Waals surface area contributed by atoms with E-state index in [2.05, 4.69) is 11.4 Å². The van der Waals surface area contributed by atoms with E-state index in [0.717, 1.165) is 16.9 Å². The molecule has 2 aromatic rings. The smallest absolute Gasteiger partial charge is 0.261 e. The summed E-state index contributed by atoms with van der Waals surface area (Å²) in [6, 6.07) is 13.2. The second kappa shape index (κ2) is 9.33. The Morgan fingerprint density at radius 3 is 2.48 bits per heavy atom. The molecule has 1 atom stereocenters. The van der Waals surface area contributed by atoms with Crippen molar-refractivity contribution in [3.05, 3.63) is 58.6 Å². The van der Waals surface area contributed by atoms with Crippen LogP contribution < -0.4 is 14.8 Å². The van der Waals surface area contributed by atoms with Crippen LogP contribution in [-0.2, 0) is 4.79 Å². The third kappa shape index (κ3) is 5.98. The van der Waals surface area contributed by atoms with E-state index in [4.69, 9.17) is 21.1 Å². The average molecular weight is 362 g/mol. The molecule has 1 N–H and O–H groups in total. The van der Waals surface area contributed by atoms with Gasteiger partial charge < -0.3 is 14.8 Å². The first-order valence-electron chi connectivity index (χ1n) is 8.39. The lowest BCUT2D eigenvalue weighted by Gasteiger charge is -2.18. The highest BCUT2D eigenvalue weighted by Crippen LogP contribution is 2.24. The van der Waals surface area contributed by atoms with E-state index in [1.54, 1.807) is 12.1 Å². The fraction of sp³-hybridized carbons (Fsp3) is 0.350. The van der Waals surface area contributed by atoms with Gasteiger partial charge in [-0.1, -0.05) is 36.7 Å². The van der Waals surface area contributed by atoms with Crippen LogP contribution in [0.1, 0.15) is 24.5 Å². The minimum absolute atomic E-state index is 0.175. The molecule has 2 rings (SSSR count). The number of benzene rings is 2. The average Bonchev–Trinajstić information content (AvgIpc) is 2.57. The summed E-state index contributed by atoms with van der Waals surface area (Å²) in [4.78, 5) is 12.3. The van der Waals surface area contributed by atoms with Crippen molar-refractivity contribution in [1.29, 1.82) is 0 Å². The number of hydrogen-bond acceptors (Lipinski definition) is 3. The van der Waals surface area contributed by atoms with Crippen molar-refractivity contribution < 1.29 is 14.3 Å². The summed E-state index contributed by atoms with van der Waals surface area (Å²) >= 11 is 6.07. The number of carbonyl (C=O) groups excluding carboxylic acids is 1. The summed E-state index contributed by atoms with van der Waals surface area (Å²) in [5.74, 6) is 1.15. The van der Waals surface area contributed by atoms with E-state index in [0.29, 0.717) is 30.3 Å². The monoisotopic (exact) mass is 361 g/mol. The number of hydrogen-bond donors (Lipinski definition) is 1. The Hall–Kier alpha value is -2.20. The zero-order valence-electron chi connectivity index (χ0n) is 14.8. The van der Waals surface area contributed by atoms with E-state index in [1.807, 2.05) is 45.0 Å². The van der Waals surface area contributed by atoms with Gasteiger partial charge in [0.05, 0.1) is 11.6 Å². The summed E-state index contributed by atoms with van der Waals surface area (Å²) in [7, 11) is 0. The number of ether oxygens (including phenoxy) is 2. The van der Waals surface area contributed by atoms with Crippen molar-refractivity contribution in [2.45, 2.75) is 33.3 Å². The van der Waals surface area contributed by atoms with Gasteiger partial charge in [-0.05, 0) is 55.7 Å². The minimum atomic E-state index is -0.582. The maximum Gasteiger partial charge on any atom is 0.261 e. The van der Waals surface area contributed by atoms with Crippen LogP contribution in [0.5, 0.6) is 11.5 Å². The van der Waals surface area contributed by atoms with E-state index in [9.17, 15) is 4.79 Å². The molecular formula is C20H24ClNO3. The number of aryl methyl sites for hydroxylation is 2. The van der Waals surface area contributed by atoms with Gasteiger partial charge in [-0.15, -0.1) is 0 Å². The Labute approximate surface area is 154 Å². The molecule has 0 aromatic heterocycles. The molecule has 0 aliphatic carbocycles. The summed E-state index contributed by atoms with van der Waals surface area (Å²) in [5, 5.41) is 3.33. The molecule has 0 spiro atoms. The summed E-state index contributed by atoms with van der Waals surface area (Å²) < 4.78 is 11.4. The molecule has 0 fully saturated rings. The zero-order valence-corrected chi connectivity index (χ0v) is 15.6. The predicted octanol–water partition coefficient (Wildman–Crippen LogP) is 4.31. The first-order valence-corrected chi connectivity index (χ1v) is 8.77. The second-order valence-electron chi connectivity index (χ2n) is 5.91. The lowest BCUT2D eigenvalue weighted by atomic mass is 10.1. The number of rotatable bonds is 8. The molecule has 0 bridgehead atoms. The molecule has 0 aliphatic rings. The van der Waals surface area contributed by atoms with Crippen LogP contribution in [0.3, 0.4) is 0 Å². The van der Waals surface area contributed by atoms with Crippen LogP contribution in [-0.4, -0.2) is 25.2 Å². The number of para-hydroxylation sites is 1. The zero-order chi connectivity index (χ0) is 18.2. The Balaban J connectivity index is 1.81. The van der Waals surface area contributed by atoms with Crippen molar-refractivity contribution in [2.24, 2.45) is 0 Å². The summed E-state index contributed by atoms with van der Waals surface area (Å²) in [5.41, 5.74) is 2.30. The van der Waals surface area contributed by atoms with E-state index in [-0.39, 0.29) is 5.91 Å². The van der Waals surface area contributed by atoms with Crippen LogP contribution >= 0.6 is 11.6 Å². The molecular weight excluding hydrogens is 338 g/mol. The molecule has 0 saturated carbocycles. The van der Waals surface area contributed by atoms with Crippen LogP contribution in [0.2, 0.25) is 5.02 Å². The number of carbonyl (C=O) groups is 1. The Morgan fingerprint density at radius 1 is 1.16 bits per heavy atom. The van der Waals surface area contributed by atoms with Crippen molar-refractivity contribution in [3.63, 3.8) is 0 Å². The second-order valence-corrected chi connectivity index (χ2v) is 6.32. The fourth-order valence-electron chi connectivity index (χ4n) is 2.49. The molecule has 0 saturated heterocycles. The number of halogens is 1. The van der Waals surface area contributed by atoms with Gasteiger partial charge in [0.15, 0.2) is 6.10 Å². The molecule has 2 aromatic carbocycles. The van der Waals surface area contributed by atoms with Crippen molar-refractivity contribution >= 4 is 17.5 Å². The fourth-order valence-corrected chi connectivity index (χ4v) is 2.67. The Morgan fingerprint density at radius 2 is 1.84 bits per heavy atom. The molecule has 0 heterocycles. The summed E-state index contributed by atoms with van der Waals surface area (Å²) in [6.07, 6.45) is -0.0317. The van der Waals surface area contributed by atoms with E-state index in [1.165, 1.54) is 0 Å². The van der Waals surface area contributed by atoms with Gasteiger partial charge in [-0.25, -0.2) is 0 Å². The Bertz CT molecular complexity index is 698. The maximum atomic E-state index is 12.3. The summed E-state index contributed by atoms with van der Waals surface area (Å²) in [6.45, 7) is 6.76. The van der Waals surface area contributed by atoms with Crippen LogP contribution in [0.4, 0.5) is 0 Å². The molecule has 0 aliphatic heterocycles. The standard InChI is InChI=1S/C20H24ClNO3/c1-4-18(25-19-8-6-5-7-17(19)21)20(23)22-9-10-24-16-12-14(2)11-15(3)13-16/h5-8,11-13,18H,4,9-10H2,1-3H3,(H,22,23). The topological polar surface area (TPSA) is 47.6 Å². The lowest BCUT2D eigenvalue weighted by molar-refractivity contribution is -0.128. The van der Waals surface area contributed by atoms with Gasteiger partial charge in [-0.2, -0.15) is 0 Å². The molecule has 0 radical (unpaired) electrons. The third-order valence-corrected chi connectivity index (χ3v) is 3.95. The molecule has 4 nitrogen and oxygen atoms in total. The first-order chi connectivity index (χ1) is 12.0.